The van der Waals surface area contributed by atoms with E-state index >= 15 is 0 Å². The first kappa shape index (κ1) is 11.0. The van der Waals surface area contributed by atoms with E-state index in [0.29, 0.717) is 17.3 Å². The number of halogens is 1. The highest BCUT2D eigenvalue weighted by Gasteiger charge is 2.03. The van der Waals surface area contributed by atoms with Crippen LogP contribution in [0.15, 0.2) is 41.0 Å². The Bertz CT molecular complexity index is 497. The number of ether oxygens (including phenoxy) is 1. The van der Waals surface area contributed by atoms with Gasteiger partial charge in [-0.1, -0.05) is 15.9 Å². The van der Waals surface area contributed by atoms with Crippen molar-refractivity contribution in [1.29, 1.82) is 0 Å². The van der Waals surface area contributed by atoms with Crippen molar-refractivity contribution in [2.24, 2.45) is 0 Å². The number of aromatic nitrogens is 1. The van der Waals surface area contributed by atoms with Crippen molar-refractivity contribution in [1.82, 2.24) is 4.98 Å². The molecule has 16 heavy (non-hydrogen) atoms. The summed E-state index contributed by atoms with van der Waals surface area (Å²) < 4.78 is 6.57. The van der Waals surface area contributed by atoms with E-state index in [-0.39, 0.29) is 0 Å². The lowest BCUT2D eigenvalue weighted by atomic mass is 10.3. The Morgan fingerprint density at radius 2 is 1.94 bits per heavy atom. The smallest absolute Gasteiger partial charge is 0.242 e. The zero-order chi connectivity index (χ0) is 11.5. The molecule has 0 amide bonds. The van der Waals surface area contributed by atoms with Crippen LogP contribution in [0.1, 0.15) is 5.56 Å². The van der Waals surface area contributed by atoms with Gasteiger partial charge in [0, 0.05) is 10.7 Å². The van der Waals surface area contributed by atoms with Gasteiger partial charge in [-0.15, -0.1) is 0 Å². The molecule has 2 aromatic rings. The van der Waals surface area contributed by atoms with Gasteiger partial charge in [0.05, 0.1) is 5.69 Å². The van der Waals surface area contributed by atoms with Gasteiger partial charge in [-0.05, 0) is 42.8 Å². The number of pyridine rings is 1. The summed E-state index contributed by atoms with van der Waals surface area (Å²) in [6.45, 7) is 1.94. The van der Waals surface area contributed by atoms with E-state index in [1.807, 2.05) is 37.3 Å². The number of nitrogens with zero attached hydrogens (tertiary/aromatic N) is 1. The lowest BCUT2D eigenvalue weighted by molar-refractivity contribution is 0.465. The van der Waals surface area contributed by atoms with Crippen LogP contribution in [0.25, 0.3) is 0 Å². The fraction of sp³-hybridized carbons (Fsp3) is 0.0833. The van der Waals surface area contributed by atoms with Crippen LogP contribution in [0.5, 0.6) is 11.6 Å². The highest BCUT2D eigenvalue weighted by Crippen LogP contribution is 2.26. The highest BCUT2D eigenvalue weighted by atomic mass is 79.9. The zero-order valence-electron chi connectivity index (χ0n) is 8.77. The molecule has 0 saturated carbocycles. The quantitative estimate of drug-likeness (QED) is 0.914. The van der Waals surface area contributed by atoms with Crippen molar-refractivity contribution < 1.29 is 4.74 Å². The van der Waals surface area contributed by atoms with Crippen LogP contribution in [0.4, 0.5) is 5.69 Å². The van der Waals surface area contributed by atoms with Gasteiger partial charge in [0.1, 0.15) is 5.75 Å². The predicted octanol–water partition coefficient (Wildman–Crippen LogP) is 3.53. The topological polar surface area (TPSA) is 48.1 Å². The van der Waals surface area contributed by atoms with Crippen LogP contribution in [-0.4, -0.2) is 4.98 Å². The maximum absolute atomic E-state index is 5.80. The first-order valence-corrected chi connectivity index (χ1v) is 5.60. The Balaban J connectivity index is 2.23. The van der Waals surface area contributed by atoms with Crippen molar-refractivity contribution in [2.75, 3.05) is 5.73 Å². The molecule has 4 heteroatoms. The number of hydrogen-bond donors (Lipinski definition) is 1. The van der Waals surface area contributed by atoms with Crippen molar-refractivity contribution >= 4 is 21.6 Å². The van der Waals surface area contributed by atoms with Crippen molar-refractivity contribution in [3.8, 4) is 11.6 Å². The molecule has 1 aromatic carbocycles. The first-order chi connectivity index (χ1) is 7.65. The number of benzene rings is 1. The molecular formula is C12H11BrN2O. The molecule has 0 aliphatic rings. The van der Waals surface area contributed by atoms with Crippen molar-refractivity contribution in [2.45, 2.75) is 6.92 Å². The van der Waals surface area contributed by atoms with Gasteiger partial charge in [0.15, 0.2) is 0 Å². The minimum atomic E-state index is 0.438. The molecule has 0 fully saturated rings. The third kappa shape index (κ3) is 2.52. The molecular weight excluding hydrogens is 268 g/mol. The number of nitrogen functional groups attached to an aromatic ring is 1. The maximum atomic E-state index is 5.80. The molecule has 2 rings (SSSR count). The standard InChI is InChI=1S/C12H11BrN2O/c1-8-6-11(14)12(15-7-8)16-10-4-2-9(13)3-5-10/h2-7H,14H2,1H3. The molecule has 0 atom stereocenters. The minimum absolute atomic E-state index is 0.438. The summed E-state index contributed by atoms with van der Waals surface area (Å²) in [7, 11) is 0. The van der Waals surface area contributed by atoms with Gasteiger partial charge in [-0.25, -0.2) is 4.98 Å². The van der Waals surface area contributed by atoms with Gasteiger partial charge in [0.25, 0.3) is 0 Å². The normalized spacial score (nSPS) is 10.1. The van der Waals surface area contributed by atoms with Crippen LogP contribution in [0.3, 0.4) is 0 Å². The first-order valence-electron chi connectivity index (χ1n) is 4.81. The van der Waals surface area contributed by atoms with Crippen LogP contribution < -0.4 is 10.5 Å². The van der Waals surface area contributed by atoms with Crippen LogP contribution in [0.2, 0.25) is 0 Å². The molecule has 82 valence electrons. The van der Waals surface area contributed by atoms with E-state index in [1.165, 1.54) is 0 Å². The van der Waals surface area contributed by atoms with Crippen LogP contribution in [-0.2, 0) is 0 Å². The Hall–Kier alpha value is -1.55. The summed E-state index contributed by atoms with van der Waals surface area (Å²) >= 11 is 3.36. The molecule has 0 saturated heterocycles. The second kappa shape index (κ2) is 4.53. The second-order valence-corrected chi connectivity index (χ2v) is 4.38. The van der Waals surface area contributed by atoms with E-state index in [0.717, 1.165) is 10.0 Å². The average molecular weight is 279 g/mol. The van der Waals surface area contributed by atoms with E-state index < -0.39 is 0 Å². The molecule has 2 N–H and O–H groups in total. The molecule has 0 unspecified atom stereocenters. The Kier molecular flexibility index (Phi) is 3.10. The molecule has 1 aromatic heterocycles. The summed E-state index contributed by atoms with van der Waals surface area (Å²) in [5.41, 5.74) is 7.36. The van der Waals surface area contributed by atoms with Crippen molar-refractivity contribution in [3.63, 3.8) is 0 Å². The SMILES string of the molecule is Cc1cnc(Oc2ccc(Br)cc2)c(N)c1. The van der Waals surface area contributed by atoms with Gasteiger partial charge in [-0.2, -0.15) is 0 Å². The lowest BCUT2D eigenvalue weighted by Crippen LogP contribution is -1.95. The van der Waals surface area contributed by atoms with Crippen molar-refractivity contribution in [3.05, 3.63) is 46.6 Å². The number of rotatable bonds is 2. The summed E-state index contributed by atoms with van der Waals surface area (Å²) in [6.07, 6.45) is 1.73. The van der Waals surface area contributed by atoms with E-state index in [9.17, 15) is 0 Å². The average Bonchev–Trinajstić information content (AvgIpc) is 2.25. The summed E-state index contributed by atoms with van der Waals surface area (Å²) in [5.74, 6) is 1.15. The Morgan fingerprint density at radius 1 is 1.25 bits per heavy atom. The highest BCUT2D eigenvalue weighted by molar-refractivity contribution is 9.10. The maximum Gasteiger partial charge on any atom is 0.242 e. The Morgan fingerprint density at radius 3 is 2.56 bits per heavy atom. The third-order valence-corrected chi connectivity index (χ3v) is 2.57. The number of hydrogen-bond acceptors (Lipinski definition) is 3. The van der Waals surface area contributed by atoms with E-state index in [1.54, 1.807) is 6.20 Å². The molecule has 0 radical (unpaired) electrons. The van der Waals surface area contributed by atoms with Gasteiger partial charge in [-0.3, -0.25) is 0 Å². The largest absolute Gasteiger partial charge is 0.437 e. The molecule has 0 aliphatic carbocycles. The van der Waals surface area contributed by atoms with Crippen LogP contribution >= 0.6 is 15.9 Å². The fourth-order valence-electron chi connectivity index (χ4n) is 1.28. The molecule has 0 bridgehead atoms. The molecule has 0 spiro atoms. The van der Waals surface area contributed by atoms with Crippen LogP contribution in [0, 0.1) is 6.92 Å². The fourth-order valence-corrected chi connectivity index (χ4v) is 1.54. The molecule has 1 heterocycles. The molecule has 0 aliphatic heterocycles. The predicted molar refractivity (Wildman–Crippen MR) is 67.6 cm³/mol. The number of aryl methyl sites for hydroxylation is 1. The molecule has 3 nitrogen and oxygen atoms in total. The number of nitrogens with two attached hydrogens (primary N) is 1. The summed E-state index contributed by atoms with van der Waals surface area (Å²) in [5, 5.41) is 0. The van der Waals surface area contributed by atoms with E-state index in [4.69, 9.17) is 10.5 Å². The second-order valence-electron chi connectivity index (χ2n) is 3.46. The minimum Gasteiger partial charge on any atom is -0.437 e. The number of anilines is 1. The summed E-state index contributed by atoms with van der Waals surface area (Å²) in [4.78, 5) is 4.14. The van der Waals surface area contributed by atoms with E-state index in [2.05, 4.69) is 20.9 Å². The van der Waals surface area contributed by atoms with Gasteiger partial charge in [0.2, 0.25) is 5.88 Å². The third-order valence-electron chi connectivity index (χ3n) is 2.04. The van der Waals surface area contributed by atoms with Gasteiger partial charge < -0.3 is 10.5 Å². The monoisotopic (exact) mass is 278 g/mol. The Labute approximate surface area is 102 Å². The zero-order valence-corrected chi connectivity index (χ0v) is 10.4. The summed E-state index contributed by atoms with van der Waals surface area (Å²) in [6, 6.07) is 9.34. The van der Waals surface area contributed by atoms with Gasteiger partial charge >= 0.3 is 0 Å². The lowest BCUT2D eigenvalue weighted by Gasteiger charge is -2.07.